The van der Waals surface area contributed by atoms with Gasteiger partial charge in [0.2, 0.25) is 0 Å². The molecule has 4 heteroatoms. The first-order chi connectivity index (χ1) is 5.36. The van der Waals surface area contributed by atoms with Gasteiger partial charge in [-0.15, -0.1) is 0 Å². The molecule has 2 rings (SSSR count). The smallest absolute Gasteiger partial charge is 0.263 e. The molecular weight excluding hydrogens is 210 g/mol. The highest BCUT2D eigenvalue weighted by Gasteiger charge is 2.05. The Bertz CT molecular complexity index is 339. The molecule has 2 aromatic heterocycles. The number of oxazole rings is 1. The predicted molar refractivity (Wildman–Crippen MR) is 41.9 cm³/mol. The molecule has 56 valence electrons. The van der Waals surface area contributed by atoms with Crippen LogP contribution in [0.15, 0.2) is 38.1 Å². The molecule has 0 bridgehead atoms. The van der Waals surface area contributed by atoms with Gasteiger partial charge in [-0.1, -0.05) is 0 Å². The van der Waals surface area contributed by atoms with E-state index in [4.69, 9.17) is 8.83 Å². The fourth-order valence-corrected chi connectivity index (χ4v) is 1.02. The SMILES string of the molecule is Brc1cnc(-c2ccco2)o1. The summed E-state index contributed by atoms with van der Waals surface area (Å²) in [7, 11) is 0. The van der Waals surface area contributed by atoms with E-state index in [1.807, 2.05) is 0 Å². The zero-order chi connectivity index (χ0) is 7.68. The lowest BCUT2D eigenvalue weighted by atomic mass is 10.4. The molecule has 11 heavy (non-hydrogen) atoms. The number of nitrogens with zero attached hydrogens (tertiary/aromatic N) is 1. The first-order valence-electron chi connectivity index (χ1n) is 3.01. The molecular formula is C7H4BrNO2. The number of halogens is 1. The minimum absolute atomic E-state index is 0.488. The lowest BCUT2D eigenvalue weighted by Gasteiger charge is -1.84. The van der Waals surface area contributed by atoms with Gasteiger partial charge in [-0.2, -0.15) is 0 Å². The quantitative estimate of drug-likeness (QED) is 0.732. The highest BCUT2D eigenvalue weighted by Crippen LogP contribution is 2.21. The van der Waals surface area contributed by atoms with Gasteiger partial charge in [0, 0.05) is 0 Å². The fourth-order valence-electron chi connectivity index (χ4n) is 0.769. The monoisotopic (exact) mass is 213 g/mol. The molecule has 0 saturated heterocycles. The summed E-state index contributed by atoms with van der Waals surface area (Å²) in [5.74, 6) is 1.12. The van der Waals surface area contributed by atoms with Crippen LogP contribution in [0.5, 0.6) is 0 Å². The van der Waals surface area contributed by atoms with Crippen LogP contribution in [0, 0.1) is 0 Å². The van der Waals surface area contributed by atoms with Gasteiger partial charge in [-0.05, 0) is 28.1 Å². The summed E-state index contributed by atoms with van der Waals surface area (Å²) in [4.78, 5) is 3.95. The van der Waals surface area contributed by atoms with E-state index < -0.39 is 0 Å². The third-order valence-electron chi connectivity index (χ3n) is 1.21. The van der Waals surface area contributed by atoms with Crippen LogP contribution in [-0.2, 0) is 0 Å². The van der Waals surface area contributed by atoms with Gasteiger partial charge >= 0.3 is 0 Å². The highest BCUT2D eigenvalue weighted by atomic mass is 79.9. The molecule has 0 atom stereocenters. The van der Waals surface area contributed by atoms with E-state index in [9.17, 15) is 0 Å². The molecule has 0 radical (unpaired) electrons. The molecule has 3 nitrogen and oxygen atoms in total. The summed E-state index contributed by atoms with van der Waals surface area (Å²) in [5, 5.41) is 0. The number of aromatic nitrogens is 1. The van der Waals surface area contributed by atoms with E-state index in [0.29, 0.717) is 16.3 Å². The Hall–Kier alpha value is -1.03. The predicted octanol–water partition coefficient (Wildman–Crippen LogP) is 2.70. The minimum Gasteiger partial charge on any atom is -0.459 e. The molecule has 0 aliphatic heterocycles. The third kappa shape index (κ3) is 1.21. The van der Waals surface area contributed by atoms with E-state index >= 15 is 0 Å². The van der Waals surface area contributed by atoms with Crippen molar-refractivity contribution in [2.75, 3.05) is 0 Å². The maximum absolute atomic E-state index is 5.14. The first kappa shape index (κ1) is 6.67. The molecule has 0 N–H and O–H groups in total. The Kier molecular flexibility index (Phi) is 1.54. The van der Waals surface area contributed by atoms with Gasteiger partial charge in [0.05, 0.1) is 12.5 Å². The van der Waals surface area contributed by atoms with Crippen molar-refractivity contribution in [3.05, 3.63) is 29.3 Å². The van der Waals surface area contributed by atoms with Crippen molar-refractivity contribution in [2.24, 2.45) is 0 Å². The summed E-state index contributed by atoms with van der Waals surface area (Å²) >= 11 is 3.15. The van der Waals surface area contributed by atoms with Gasteiger partial charge in [0.15, 0.2) is 10.4 Å². The zero-order valence-electron chi connectivity index (χ0n) is 5.45. The second-order valence-corrected chi connectivity index (χ2v) is 2.73. The molecule has 0 fully saturated rings. The van der Waals surface area contributed by atoms with Crippen molar-refractivity contribution < 1.29 is 8.83 Å². The molecule has 0 saturated carbocycles. The lowest BCUT2D eigenvalue weighted by Crippen LogP contribution is -1.68. The number of furan rings is 1. The summed E-state index contributed by atoms with van der Waals surface area (Å²) in [6.45, 7) is 0. The van der Waals surface area contributed by atoms with Gasteiger partial charge in [0.1, 0.15) is 0 Å². The number of hydrogen-bond acceptors (Lipinski definition) is 3. The summed E-state index contributed by atoms with van der Waals surface area (Å²) < 4.78 is 10.8. The van der Waals surface area contributed by atoms with Gasteiger partial charge < -0.3 is 8.83 Å². The van der Waals surface area contributed by atoms with Crippen LogP contribution >= 0.6 is 15.9 Å². The Balaban J connectivity index is 2.45. The van der Waals surface area contributed by atoms with E-state index in [1.165, 1.54) is 0 Å². The summed E-state index contributed by atoms with van der Waals surface area (Å²) in [6, 6.07) is 3.58. The Morgan fingerprint density at radius 3 is 2.91 bits per heavy atom. The second kappa shape index (κ2) is 2.54. The molecule has 0 aliphatic rings. The van der Waals surface area contributed by atoms with Gasteiger partial charge in [0.25, 0.3) is 5.89 Å². The third-order valence-corrected chi connectivity index (χ3v) is 1.58. The minimum atomic E-state index is 0.488. The molecule has 0 aliphatic carbocycles. The van der Waals surface area contributed by atoms with E-state index in [1.54, 1.807) is 24.6 Å². The first-order valence-corrected chi connectivity index (χ1v) is 3.81. The summed E-state index contributed by atoms with van der Waals surface area (Å²) in [6.07, 6.45) is 3.16. The van der Waals surface area contributed by atoms with Crippen molar-refractivity contribution in [1.29, 1.82) is 0 Å². The molecule has 0 unspecified atom stereocenters. The van der Waals surface area contributed by atoms with Crippen molar-refractivity contribution in [1.82, 2.24) is 4.98 Å². The van der Waals surface area contributed by atoms with Crippen LogP contribution in [0.25, 0.3) is 11.7 Å². The van der Waals surface area contributed by atoms with Crippen LogP contribution in [0.3, 0.4) is 0 Å². The van der Waals surface area contributed by atoms with E-state index in [-0.39, 0.29) is 0 Å². The largest absolute Gasteiger partial charge is 0.459 e. The maximum atomic E-state index is 5.14. The fraction of sp³-hybridized carbons (Fsp3) is 0. The molecule has 0 amide bonds. The van der Waals surface area contributed by atoms with Crippen LogP contribution in [0.4, 0.5) is 0 Å². The van der Waals surface area contributed by atoms with Crippen LogP contribution in [0.2, 0.25) is 0 Å². The number of rotatable bonds is 1. The topological polar surface area (TPSA) is 39.2 Å². The number of hydrogen-bond donors (Lipinski definition) is 0. The van der Waals surface area contributed by atoms with Crippen molar-refractivity contribution in [3.8, 4) is 11.7 Å². The molecule has 0 aromatic carbocycles. The summed E-state index contributed by atoms with van der Waals surface area (Å²) in [5.41, 5.74) is 0. The van der Waals surface area contributed by atoms with Crippen LogP contribution in [0.1, 0.15) is 0 Å². The maximum Gasteiger partial charge on any atom is 0.263 e. The average Bonchev–Trinajstić information content (AvgIpc) is 2.55. The normalized spacial score (nSPS) is 10.3. The van der Waals surface area contributed by atoms with Crippen LogP contribution < -0.4 is 0 Å². The molecule has 2 aromatic rings. The van der Waals surface area contributed by atoms with Crippen molar-refractivity contribution in [2.45, 2.75) is 0 Å². The van der Waals surface area contributed by atoms with Gasteiger partial charge in [-0.25, -0.2) is 4.98 Å². The molecule has 2 heterocycles. The van der Waals surface area contributed by atoms with E-state index in [2.05, 4.69) is 20.9 Å². The van der Waals surface area contributed by atoms with Crippen molar-refractivity contribution >= 4 is 15.9 Å². The van der Waals surface area contributed by atoms with E-state index in [0.717, 1.165) is 0 Å². The Labute approximate surface area is 71.2 Å². The lowest BCUT2D eigenvalue weighted by molar-refractivity contribution is 0.504. The second-order valence-electron chi connectivity index (χ2n) is 1.95. The highest BCUT2D eigenvalue weighted by molar-refractivity contribution is 9.10. The van der Waals surface area contributed by atoms with Crippen molar-refractivity contribution in [3.63, 3.8) is 0 Å². The Morgan fingerprint density at radius 1 is 1.45 bits per heavy atom. The van der Waals surface area contributed by atoms with Gasteiger partial charge in [-0.3, -0.25) is 0 Å². The van der Waals surface area contributed by atoms with Crippen LogP contribution in [-0.4, -0.2) is 4.98 Å². The Morgan fingerprint density at radius 2 is 2.36 bits per heavy atom. The average molecular weight is 214 g/mol. The molecule has 0 spiro atoms. The standard InChI is InChI=1S/C7H4BrNO2/c8-6-4-9-7(11-6)5-2-1-3-10-5/h1-4H. The zero-order valence-corrected chi connectivity index (χ0v) is 7.04.